The van der Waals surface area contributed by atoms with Crippen molar-refractivity contribution in [2.45, 2.75) is 53.0 Å². The molecule has 0 atom stereocenters. The van der Waals surface area contributed by atoms with Gasteiger partial charge in [0.05, 0.1) is 0 Å². The number of hydrogen-bond donors (Lipinski definition) is 1. The van der Waals surface area contributed by atoms with Gasteiger partial charge < -0.3 is 10.1 Å². The fourth-order valence-electron chi connectivity index (χ4n) is 3.01. The number of nitrogens with zero attached hydrogens (tertiary/aromatic N) is 3. The molecule has 2 heterocycles. The molecule has 1 N–H and O–H groups in total. The lowest BCUT2D eigenvalue weighted by Crippen LogP contribution is -2.42. The van der Waals surface area contributed by atoms with Gasteiger partial charge in [0, 0.05) is 32.7 Å². The first kappa shape index (κ1) is 16.4. The second-order valence-electron chi connectivity index (χ2n) is 6.71. The van der Waals surface area contributed by atoms with Crippen LogP contribution in [0.5, 0.6) is 0 Å². The first-order chi connectivity index (χ1) is 10.2. The summed E-state index contributed by atoms with van der Waals surface area (Å²) in [5.74, 6) is 1.82. The highest BCUT2D eigenvalue weighted by Gasteiger charge is 2.34. The third-order valence-corrected chi connectivity index (χ3v) is 4.27. The minimum atomic E-state index is 0.270. The van der Waals surface area contributed by atoms with Crippen molar-refractivity contribution >= 4 is 0 Å². The molecule has 120 valence electrons. The molecule has 0 unspecified atom stereocenters. The molecular weight excluding hydrogens is 264 g/mol. The Morgan fingerprint density at radius 3 is 2.81 bits per heavy atom. The van der Waals surface area contributed by atoms with E-state index in [2.05, 4.69) is 40.9 Å². The third kappa shape index (κ3) is 4.78. The van der Waals surface area contributed by atoms with E-state index in [0.29, 0.717) is 5.92 Å². The molecule has 0 bridgehead atoms. The molecule has 0 saturated carbocycles. The van der Waals surface area contributed by atoms with Crippen LogP contribution in [0.3, 0.4) is 0 Å². The smallest absolute Gasteiger partial charge is 0.138 e. The average Bonchev–Trinajstić information content (AvgIpc) is 2.87. The molecule has 0 amide bonds. The summed E-state index contributed by atoms with van der Waals surface area (Å²) in [4.78, 5) is 4.50. The first-order valence-corrected chi connectivity index (χ1v) is 8.30. The quantitative estimate of drug-likeness (QED) is 0.799. The lowest BCUT2D eigenvalue weighted by Gasteiger charge is -2.37. The van der Waals surface area contributed by atoms with Crippen LogP contribution in [0, 0.1) is 11.3 Å². The minimum Gasteiger partial charge on any atom is -0.381 e. The van der Waals surface area contributed by atoms with Crippen molar-refractivity contribution in [1.82, 2.24) is 20.1 Å². The summed E-state index contributed by atoms with van der Waals surface area (Å²) in [5, 5.41) is 8.01. The van der Waals surface area contributed by atoms with E-state index in [1.54, 1.807) is 6.33 Å². The van der Waals surface area contributed by atoms with Gasteiger partial charge in [-0.15, -0.1) is 0 Å². The Morgan fingerprint density at radius 2 is 2.14 bits per heavy atom. The van der Waals surface area contributed by atoms with Crippen molar-refractivity contribution < 1.29 is 4.74 Å². The number of rotatable bonds is 8. The summed E-state index contributed by atoms with van der Waals surface area (Å²) in [6, 6.07) is 0. The van der Waals surface area contributed by atoms with E-state index in [4.69, 9.17) is 4.74 Å². The van der Waals surface area contributed by atoms with Gasteiger partial charge in [-0.3, -0.25) is 4.68 Å². The molecule has 1 saturated heterocycles. The molecule has 1 aromatic rings. The van der Waals surface area contributed by atoms with Crippen molar-refractivity contribution in [2.24, 2.45) is 11.3 Å². The van der Waals surface area contributed by atoms with Crippen LogP contribution in [0.4, 0.5) is 0 Å². The molecule has 21 heavy (non-hydrogen) atoms. The Labute approximate surface area is 128 Å². The summed E-state index contributed by atoms with van der Waals surface area (Å²) in [6.07, 6.45) is 6.01. The zero-order valence-electron chi connectivity index (χ0n) is 13.8. The summed E-state index contributed by atoms with van der Waals surface area (Å²) < 4.78 is 7.65. The lowest BCUT2D eigenvalue weighted by atomic mass is 9.77. The van der Waals surface area contributed by atoms with E-state index in [1.807, 2.05) is 0 Å². The van der Waals surface area contributed by atoms with Gasteiger partial charge in [-0.2, -0.15) is 5.10 Å². The highest BCUT2D eigenvalue weighted by atomic mass is 16.5. The largest absolute Gasteiger partial charge is 0.381 e. The second kappa shape index (κ2) is 7.90. The van der Waals surface area contributed by atoms with Crippen LogP contribution in [0.15, 0.2) is 6.33 Å². The van der Waals surface area contributed by atoms with E-state index in [0.717, 1.165) is 64.4 Å². The van der Waals surface area contributed by atoms with E-state index in [9.17, 15) is 0 Å². The fourth-order valence-corrected chi connectivity index (χ4v) is 3.01. The molecule has 0 aromatic carbocycles. The Kier molecular flexibility index (Phi) is 6.18. The predicted octanol–water partition coefficient (Wildman–Crippen LogP) is 2.27. The SMILES string of the molecule is CCCn1ncnc1CC1(CNCC(C)C)CCOCC1. The standard InChI is InChI=1S/C16H30N4O/c1-4-7-20-15(18-13-19-20)10-16(5-8-21-9-6-16)12-17-11-14(2)3/h13-14,17H,4-12H2,1-3H3. The fraction of sp³-hybridized carbons (Fsp3) is 0.875. The van der Waals surface area contributed by atoms with Crippen LogP contribution >= 0.6 is 0 Å². The normalized spacial score (nSPS) is 18.3. The summed E-state index contributed by atoms with van der Waals surface area (Å²) in [7, 11) is 0. The maximum Gasteiger partial charge on any atom is 0.138 e. The maximum absolute atomic E-state index is 5.58. The lowest BCUT2D eigenvalue weighted by molar-refractivity contribution is 0.0132. The van der Waals surface area contributed by atoms with Crippen molar-refractivity contribution in [1.29, 1.82) is 0 Å². The zero-order valence-corrected chi connectivity index (χ0v) is 13.8. The van der Waals surface area contributed by atoms with E-state index in [1.165, 1.54) is 0 Å². The number of ether oxygens (including phenoxy) is 1. The summed E-state index contributed by atoms with van der Waals surface area (Å²) in [5.41, 5.74) is 0.270. The molecule has 1 fully saturated rings. The van der Waals surface area contributed by atoms with Crippen molar-refractivity contribution in [3.63, 3.8) is 0 Å². The Bertz CT molecular complexity index is 410. The van der Waals surface area contributed by atoms with Crippen LogP contribution in [0.25, 0.3) is 0 Å². The van der Waals surface area contributed by atoms with Crippen LogP contribution in [-0.2, 0) is 17.7 Å². The molecule has 5 heteroatoms. The van der Waals surface area contributed by atoms with Gasteiger partial charge in [0.25, 0.3) is 0 Å². The van der Waals surface area contributed by atoms with Crippen molar-refractivity contribution in [3.05, 3.63) is 12.2 Å². The Balaban J connectivity index is 2.02. The molecule has 0 aliphatic carbocycles. The van der Waals surface area contributed by atoms with Crippen molar-refractivity contribution in [2.75, 3.05) is 26.3 Å². The van der Waals surface area contributed by atoms with Crippen LogP contribution in [-0.4, -0.2) is 41.1 Å². The zero-order chi connectivity index (χ0) is 15.1. The summed E-state index contributed by atoms with van der Waals surface area (Å²) in [6.45, 7) is 11.5. The number of nitrogens with one attached hydrogen (secondary N) is 1. The topological polar surface area (TPSA) is 52.0 Å². The van der Waals surface area contributed by atoms with Gasteiger partial charge in [0.2, 0.25) is 0 Å². The molecule has 2 rings (SSSR count). The van der Waals surface area contributed by atoms with Gasteiger partial charge >= 0.3 is 0 Å². The van der Waals surface area contributed by atoms with Gasteiger partial charge in [-0.1, -0.05) is 20.8 Å². The van der Waals surface area contributed by atoms with Gasteiger partial charge in [0.1, 0.15) is 12.2 Å². The molecular formula is C16H30N4O. The molecule has 1 aliphatic rings. The van der Waals surface area contributed by atoms with Crippen LogP contribution < -0.4 is 5.32 Å². The number of aromatic nitrogens is 3. The third-order valence-electron chi connectivity index (χ3n) is 4.27. The second-order valence-corrected chi connectivity index (χ2v) is 6.71. The highest BCUT2D eigenvalue weighted by molar-refractivity contribution is 4.96. The van der Waals surface area contributed by atoms with E-state index < -0.39 is 0 Å². The van der Waals surface area contributed by atoms with Crippen molar-refractivity contribution in [3.8, 4) is 0 Å². The molecule has 0 spiro atoms. The molecule has 0 radical (unpaired) electrons. The van der Waals surface area contributed by atoms with E-state index >= 15 is 0 Å². The first-order valence-electron chi connectivity index (χ1n) is 8.30. The number of aryl methyl sites for hydroxylation is 1. The van der Waals surface area contributed by atoms with Crippen LogP contribution in [0.1, 0.15) is 45.9 Å². The van der Waals surface area contributed by atoms with Gasteiger partial charge in [0.15, 0.2) is 0 Å². The van der Waals surface area contributed by atoms with E-state index in [-0.39, 0.29) is 5.41 Å². The summed E-state index contributed by atoms with van der Waals surface area (Å²) >= 11 is 0. The predicted molar refractivity (Wildman–Crippen MR) is 84.2 cm³/mol. The molecule has 1 aromatic heterocycles. The Hall–Kier alpha value is -0.940. The average molecular weight is 294 g/mol. The van der Waals surface area contributed by atoms with Crippen LogP contribution in [0.2, 0.25) is 0 Å². The molecule has 1 aliphatic heterocycles. The maximum atomic E-state index is 5.58. The van der Waals surface area contributed by atoms with Gasteiger partial charge in [-0.05, 0) is 37.1 Å². The van der Waals surface area contributed by atoms with Gasteiger partial charge in [-0.25, -0.2) is 4.98 Å². The monoisotopic (exact) mass is 294 g/mol. The number of hydrogen-bond acceptors (Lipinski definition) is 4. The Morgan fingerprint density at radius 1 is 1.38 bits per heavy atom. The molecule has 5 nitrogen and oxygen atoms in total. The highest BCUT2D eigenvalue weighted by Crippen LogP contribution is 2.33. The minimum absolute atomic E-state index is 0.270.